The summed E-state index contributed by atoms with van der Waals surface area (Å²) in [6, 6.07) is 1.83. The largest absolute Gasteiger partial charge is 0.398 e. The fraction of sp³-hybridized carbons (Fsp3) is 0.538. The zero-order chi connectivity index (χ0) is 11.4. The van der Waals surface area contributed by atoms with Gasteiger partial charge in [0.05, 0.1) is 0 Å². The first-order valence-electron chi connectivity index (χ1n) is 5.96. The molecule has 0 aromatic carbocycles. The standard InChI is InChI=1S/C13H18N2O/c14-13-5-6-15-9-11(13)7-10-3-1-2-4-12(16)8-10/h5-6,9-10H,1-4,7-8H2,(H2,14,15). The van der Waals surface area contributed by atoms with Crippen LogP contribution in [0.3, 0.4) is 0 Å². The highest BCUT2D eigenvalue weighted by Gasteiger charge is 2.18. The SMILES string of the molecule is Nc1ccncc1CC1CCCCC(=O)C1. The monoisotopic (exact) mass is 218 g/mol. The molecule has 0 spiro atoms. The van der Waals surface area contributed by atoms with Crippen LogP contribution in [-0.2, 0) is 11.2 Å². The van der Waals surface area contributed by atoms with E-state index in [2.05, 4.69) is 4.98 Å². The summed E-state index contributed by atoms with van der Waals surface area (Å²) in [6.07, 6.45) is 9.26. The molecule has 0 aliphatic heterocycles. The molecule has 2 rings (SSSR count). The van der Waals surface area contributed by atoms with Gasteiger partial charge in [0, 0.05) is 30.9 Å². The Hall–Kier alpha value is -1.38. The van der Waals surface area contributed by atoms with E-state index in [0.717, 1.165) is 43.4 Å². The molecule has 1 aliphatic carbocycles. The number of ketones is 1. The van der Waals surface area contributed by atoms with Crippen molar-refractivity contribution >= 4 is 11.5 Å². The highest BCUT2D eigenvalue weighted by molar-refractivity contribution is 5.78. The maximum Gasteiger partial charge on any atom is 0.133 e. The van der Waals surface area contributed by atoms with Crippen LogP contribution in [0.2, 0.25) is 0 Å². The van der Waals surface area contributed by atoms with Crippen LogP contribution >= 0.6 is 0 Å². The van der Waals surface area contributed by atoms with Crippen molar-refractivity contribution in [3.05, 3.63) is 24.0 Å². The summed E-state index contributed by atoms with van der Waals surface area (Å²) in [5, 5.41) is 0. The van der Waals surface area contributed by atoms with E-state index in [0.29, 0.717) is 18.1 Å². The molecule has 2 N–H and O–H groups in total. The number of nitrogen functional groups attached to an aromatic ring is 1. The zero-order valence-electron chi connectivity index (χ0n) is 9.48. The third-order valence-corrected chi connectivity index (χ3v) is 3.28. The summed E-state index contributed by atoms with van der Waals surface area (Å²) in [4.78, 5) is 15.6. The van der Waals surface area contributed by atoms with Gasteiger partial charge in [-0.1, -0.05) is 6.42 Å². The molecule has 1 atom stereocenters. The maximum atomic E-state index is 11.5. The van der Waals surface area contributed by atoms with Gasteiger partial charge in [0.2, 0.25) is 0 Å². The third kappa shape index (κ3) is 2.81. The number of nitrogens with zero attached hydrogens (tertiary/aromatic N) is 1. The Morgan fingerprint density at radius 2 is 2.31 bits per heavy atom. The molecule has 1 saturated carbocycles. The second kappa shape index (κ2) is 5.10. The molecule has 3 nitrogen and oxygen atoms in total. The lowest BCUT2D eigenvalue weighted by molar-refractivity contribution is -0.119. The van der Waals surface area contributed by atoms with E-state index in [9.17, 15) is 4.79 Å². The highest BCUT2D eigenvalue weighted by atomic mass is 16.1. The molecule has 0 amide bonds. The minimum Gasteiger partial charge on any atom is -0.398 e. The third-order valence-electron chi connectivity index (χ3n) is 3.28. The van der Waals surface area contributed by atoms with Crippen molar-refractivity contribution in [3.63, 3.8) is 0 Å². The van der Waals surface area contributed by atoms with Crippen LogP contribution in [-0.4, -0.2) is 10.8 Å². The van der Waals surface area contributed by atoms with Crippen molar-refractivity contribution in [2.75, 3.05) is 5.73 Å². The van der Waals surface area contributed by atoms with Gasteiger partial charge < -0.3 is 5.73 Å². The van der Waals surface area contributed by atoms with Crippen LogP contribution in [0, 0.1) is 5.92 Å². The molecule has 1 fully saturated rings. The lowest BCUT2D eigenvalue weighted by atomic mass is 9.92. The number of carbonyl (C=O) groups excluding carboxylic acids is 1. The normalized spacial score (nSPS) is 21.8. The molecule has 0 bridgehead atoms. The van der Waals surface area contributed by atoms with Gasteiger partial charge >= 0.3 is 0 Å². The molecule has 1 heterocycles. The summed E-state index contributed by atoms with van der Waals surface area (Å²) in [6.45, 7) is 0. The summed E-state index contributed by atoms with van der Waals surface area (Å²) in [5.41, 5.74) is 7.77. The van der Waals surface area contributed by atoms with Gasteiger partial charge in [-0.05, 0) is 36.8 Å². The molecule has 1 unspecified atom stereocenters. The summed E-state index contributed by atoms with van der Waals surface area (Å²) in [5.74, 6) is 0.867. The number of anilines is 1. The van der Waals surface area contributed by atoms with Crippen LogP contribution in [0.25, 0.3) is 0 Å². The lowest BCUT2D eigenvalue weighted by Crippen LogP contribution is -2.09. The number of aromatic nitrogens is 1. The Morgan fingerprint density at radius 1 is 1.44 bits per heavy atom. The van der Waals surface area contributed by atoms with Crippen LogP contribution in [0.5, 0.6) is 0 Å². The van der Waals surface area contributed by atoms with Crippen LogP contribution in [0.15, 0.2) is 18.5 Å². The summed E-state index contributed by atoms with van der Waals surface area (Å²) >= 11 is 0. The van der Waals surface area contributed by atoms with E-state index >= 15 is 0 Å². The molecule has 86 valence electrons. The average molecular weight is 218 g/mol. The molecule has 0 saturated heterocycles. The zero-order valence-corrected chi connectivity index (χ0v) is 9.48. The van der Waals surface area contributed by atoms with Crippen LogP contribution in [0.1, 0.15) is 37.7 Å². The van der Waals surface area contributed by atoms with Crippen molar-refractivity contribution in [1.82, 2.24) is 4.98 Å². The molecule has 1 aromatic heterocycles. The summed E-state index contributed by atoms with van der Waals surface area (Å²) in [7, 11) is 0. The first-order chi connectivity index (χ1) is 7.75. The molecule has 1 aliphatic rings. The van der Waals surface area contributed by atoms with Crippen molar-refractivity contribution in [1.29, 1.82) is 0 Å². The van der Waals surface area contributed by atoms with E-state index < -0.39 is 0 Å². The van der Waals surface area contributed by atoms with Crippen molar-refractivity contribution in [3.8, 4) is 0 Å². The molecular formula is C13H18N2O. The van der Waals surface area contributed by atoms with Crippen molar-refractivity contribution in [2.45, 2.75) is 38.5 Å². The lowest BCUT2D eigenvalue weighted by Gasteiger charge is -2.14. The predicted molar refractivity (Wildman–Crippen MR) is 63.9 cm³/mol. The quantitative estimate of drug-likeness (QED) is 0.775. The highest BCUT2D eigenvalue weighted by Crippen LogP contribution is 2.25. The number of Topliss-reactive ketones (excluding diaryl/α,β-unsaturated/α-hetero) is 1. The number of pyridine rings is 1. The Kier molecular flexibility index (Phi) is 3.54. The number of hydrogen-bond donors (Lipinski definition) is 1. The first kappa shape index (κ1) is 11.1. The fourth-order valence-corrected chi connectivity index (χ4v) is 2.37. The predicted octanol–water partition coefficient (Wildman–Crippen LogP) is 2.36. The van der Waals surface area contributed by atoms with Gasteiger partial charge in [-0.15, -0.1) is 0 Å². The second-order valence-corrected chi connectivity index (χ2v) is 4.63. The molecular weight excluding hydrogens is 200 g/mol. The van der Waals surface area contributed by atoms with E-state index in [1.54, 1.807) is 6.20 Å². The molecule has 3 heteroatoms. The maximum absolute atomic E-state index is 11.5. The van der Waals surface area contributed by atoms with Crippen LogP contribution < -0.4 is 5.73 Å². The first-order valence-corrected chi connectivity index (χ1v) is 5.96. The smallest absolute Gasteiger partial charge is 0.133 e. The Bertz CT molecular complexity index is 376. The van der Waals surface area contributed by atoms with E-state index in [4.69, 9.17) is 5.73 Å². The molecule has 0 radical (unpaired) electrons. The van der Waals surface area contributed by atoms with Crippen LogP contribution in [0.4, 0.5) is 5.69 Å². The Balaban J connectivity index is 2.03. The minimum atomic E-state index is 0.407. The Morgan fingerprint density at radius 3 is 3.12 bits per heavy atom. The van der Waals surface area contributed by atoms with Gasteiger partial charge in [0.15, 0.2) is 0 Å². The van der Waals surface area contributed by atoms with Crippen molar-refractivity contribution < 1.29 is 4.79 Å². The number of carbonyl (C=O) groups is 1. The van der Waals surface area contributed by atoms with E-state index in [1.165, 1.54) is 0 Å². The van der Waals surface area contributed by atoms with E-state index in [-0.39, 0.29) is 0 Å². The van der Waals surface area contributed by atoms with Gasteiger partial charge in [-0.2, -0.15) is 0 Å². The van der Waals surface area contributed by atoms with Gasteiger partial charge in [-0.3, -0.25) is 9.78 Å². The topological polar surface area (TPSA) is 56.0 Å². The average Bonchev–Trinajstić information content (AvgIpc) is 2.46. The number of hydrogen-bond acceptors (Lipinski definition) is 3. The van der Waals surface area contributed by atoms with Gasteiger partial charge in [0.25, 0.3) is 0 Å². The second-order valence-electron chi connectivity index (χ2n) is 4.63. The van der Waals surface area contributed by atoms with E-state index in [1.807, 2.05) is 12.3 Å². The molecule has 16 heavy (non-hydrogen) atoms. The molecule has 1 aromatic rings. The minimum absolute atomic E-state index is 0.407. The summed E-state index contributed by atoms with van der Waals surface area (Å²) < 4.78 is 0. The Labute approximate surface area is 96.1 Å². The number of rotatable bonds is 2. The van der Waals surface area contributed by atoms with Crippen molar-refractivity contribution in [2.24, 2.45) is 5.92 Å². The fourth-order valence-electron chi connectivity index (χ4n) is 2.37. The van der Waals surface area contributed by atoms with Gasteiger partial charge in [0.1, 0.15) is 5.78 Å². The van der Waals surface area contributed by atoms with Gasteiger partial charge in [-0.25, -0.2) is 0 Å². The number of nitrogens with two attached hydrogens (primary N) is 1.